The van der Waals surface area contributed by atoms with Crippen LogP contribution in [0.25, 0.3) is 21.8 Å². The molecule has 1 radical (unpaired) electrons. The minimum atomic E-state index is -0.941. The molecule has 5 atom stereocenters. The van der Waals surface area contributed by atoms with Crippen molar-refractivity contribution in [3.05, 3.63) is 222 Å². The first-order chi connectivity index (χ1) is 44.9. The molecule has 3 heterocycles. The van der Waals surface area contributed by atoms with Crippen LogP contribution in [0.5, 0.6) is 0 Å². The van der Waals surface area contributed by atoms with Gasteiger partial charge in [0.25, 0.3) is 0 Å². The fourth-order valence-electron chi connectivity index (χ4n) is 13.2. The maximum atomic E-state index is 15.9. The van der Waals surface area contributed by atoms with E-state index in [2.05, 4.69) is 15.3 Å². The zero-order valence-electron chi connectivity index (χ0n) is 55.2. The number of hydrogen-bond donors (Lipinski definition) is 2. The molecule has 1 saturated heterocycles. The second-order valence-corrected chi connectivity index (χ2v) is 25.8. The van der Waals surface area contributed by atoms with Gasteiger partial charge in [0.2, 0.25) is 41.4 Å². The fourth-order valence-corrected chi connectivity index (χ4v) is 13.2. The lowest BCUT2D eigenvalue weighted by molar-refractivity contribution is -0.293. The van der Waals surface area contributed by atoms with Gasteiger partial charge in [-0.3, -0.25) is 43.5 Å². The Kier molecular flexibility index (Phi) is 22.1. The number of pyridine rings is 2. The molecule has 0 aliphatic carbocycles. The molecule has 19 nitrogen and oxygen atoms in total. The summed E-state index contributed by atoms with van der Waals surface area (Å²) in [6, 6.07) is 51.2. The van der Waals surface area contributed by atoms with Crippen molar-refractivity contribution in [2.24, 2.45) is 5.73 Å². The van der Waals surface area contributed by atoms with Crippen LogP contribution in [0.3, 0.4) is 0 Å². The second-order valence-electron chi connectivity index (χ2n) is 25.8. The minimum Gasteiger partial charge on any atom is -0.376 e. The maximum Gasteiger partial charge on any atom is 0.243 e. The molecule has 94 heavy (non-hydrogen) atoms. The van der Waals surface area contributed by atoms with Crippen LogP contribution in [-0.2, 0) is 38.8 Å². The molecule has 1 fully saturated rings. The van der Waals surface area contributed by atoms with E-state index in [0.29, 0.717) is 39.0 Å². The Labute approximate surface area is 551 Å². The number of hydrogen-bond acceptors (Lipinski definition) is 11. The Balaban J connectivity index is 1.06. The summed E-state index contributed by atoms with van der Waals surface area (Å²) >= 11 is 0. The summed E-state index contributed by atoms with van der Waals surface area (Å²) in [6.07, 6.45) is 3.88. The SMILES string of the molecule is C[C@H](c1ccccc1)N(CC(N)=O)C(=O)CN(C(=O)CN(C(=O)CN(C(=O)CN(C(=O)CN(C(=O)CNc1cc2cccnc2c2ncccc12)C1CC(C)(C)N([O])C(C)(C)C1)[C@H](C)c1ccccc1)[C@H](C)c1ccccc1)[C@H](C)c1ccccc1)[C@H](C)c1ccccc1. The van der Waals surface area contributed by atoms with Gasteiger partial charge in [-0.25, -0.2) is 0 Å². The third-order valence-corrected chi connectivity index (χ3v) is 18.4. The number of primary amides is 1. The first-order valence-corrected chi connectivity index (χ1v) is 32.1. The van der Waals surface area contributed by atoms with Gasteiger partial charge < -0.3 is 40.4 Å². The number of anilines is 1. The molecule has 0 spiro atoms. The van der Waals surface area contributed by atoms with E-state index in [1.807, 2.05) is 217 Å². The number of aromatic nitrogens is 2. The van der Waals surface area contributed by atoms with Crippen LogP contribution >= 0.6 is 0 Å². The quantitative estimate of drug-likeness (QED) is 0.0485. The molecule has 1 aliphatic heterocycles. The molecule has 9 rings (SSSR count). The summed E-state index contributed by atoms with van der Waals surface area (Å²) in [7, 11) is 0. The number of piperidine rings is 1. The van der Waals surface area contributed by atoms with E-state index in [9.17, 15) is 14.8 Å². The zero-order valence-corrected chi connectivity index (χ0v) is 55.2. The van der Waals surface area contributed by atoms with Gasteiger partial charge in [0.15, 0.2) is 0 Å². The number of hydroxylamine groups is 2. The van der Waals surface area contributed by atoms with Crippen molar-refractivity contribution in [2.45, 2.75) is 122 Å². The molecular weight excluding hydrogens is 1180 g/mol. The van der Waals surface area contributed by atoms with Crippen LogP contribution in [0.1, 0.15) is 133 Å². The van der Waals surface area contributed by atoms with E-state index >= 15 is 24.0 Å². The second kappa shape index (κ2) is 30.3. The number of carbonyl (C=O) groups is 7. The lowest BCUT2D eigenvalue weighted by Gasteiger charge is -2.52. The van der Waals surface area contributed by atoms with Crippen molar-refractivity contribution < 1.29 is 38.8 Å². The minimum absolute atomic E-state index is 0.236. The van der Waals surface area contributed by atoms with Crippen molar-refractivity contribution in [1.82, 2.24) is 44.4 Å². The lowest BCUT2D eigenvalue weighted by Crippen LogP contribution is -2.64. The third-order valence-electron chi connectivity index (χ3n) is 18.4. The summed E-state index contributed by atoms with van der Waals surface area (Å²) < 4.78 is 0. The summed E-state index contributed by atoms with van der Waals surface area (Å²) in [6.45, 7) is 13.1. The number of fused-ring (bicyclic) bond motifs is 3. The van der Waals surface area contributed by atoms with Gasteiger partial charge >= 0.3 is 0 Å². The van der Waals surface area contributed by atoms with E-state index in [4.69, 9.17) is 5.73 Å². The van der Waals surface area contributed by atoms with Crippen molar-refractivity contribution >= 4 is 68.8 Å². The smallest absolute Gasteiger partial charge is 0.243 e. The number of amides is 7. The first-order valence-electron chi connectivity index (χ1n) is 32.1. The number of rotatable bonds is 26. The largest absolute Gasteiger partial charge is 0.376 e. The summed E-state index contributed by atoms with van der Waals surface area (Å²) in [4.78, 5) is 123. The molecule has 6 aromatic carbocycles. The molecule has 0 unspecified atom stereocenters. The molecule has 19 heteroatoms. The summed E-state index contributed by atoms with van der Waals surface area (Å²) in [5.41, 5.74) is 9.43. The van der Waals surface area contributed by atoms with Gasteiger partial charge in [-0.15, -0.1) is 10.3 Å². The normalized spacial score (nSPS) is 15.3. The van der Waals surface area contributed by atoms with Crippen LogP contribution in [-0.4, -0.2) is 149 Å². The predicted octanol–water partition coefficient (Wildman–Crippen LogP) is 10.8. The topological polar surface area (TPSA) is 226 Å². The maximum absolute atomic E-state index is 15.9. The van der Waals surface area contributed by atoms with Crippen molar-refractivity contribution in [2.75, 3.05) is 51.1 Å². The van der Waals surface area contributed by atoms with Crippen LogP contribution in [0.2, 0.25) is 0 Å². The van der Waals surface area contributed by atoms with E-state index in [-0.39, 0.29) is 19.4 Å². The van der Waals surface area contributed by atoms with Crippen LogP contribution in [0.15, 0.2) is 194 Å². The highest BCUT2D eigenvalue weighted by Crippen LogP contribution is 2.40. The molecule has 0 saturated carbocycles. The van der Waals surface area contributed by atoms with Crippen molar-refractivity contribution in [1.29, 1.82) is 0 Å². The highest BCUT2D eigenvalue weighted by molar-refractivity contribution is 6.09. The van der Waals surface area contributed by atoms with Crippen LogP contribution in [0, 0.1) is 0 Å². The first kappa shape index (κ1) is 68.5. The van der Waals surface area contributed by atoms with E-state index in [1.165, 1.54) is 24.5 Å². The molecule has 1 aliphatic rings. The molecule has 7 amide bonds. The van der Waals surface area contributed by atoms with Gasteiger partial charge in [-0.1, -0.05) is 158 Å². The number of nitrogens with two attached hydrogens (primary N) is 1. The molecular formula is C75H86N11O8. The number of nitrogens with one attached hydrogen (secondary N) is 1. The Morgan fingerprint density at radius 3 is 1.12 bits per heavy atom. The molecule has 8 aromatic rings. The highest BCUT2D eigenvalue weighted by atomic mass is 16.5. The summed E-state index contributed by atoms with van der Waals surface area (Å²) in [5, 5.41) is 19.9. The van der Waals surface area contributed by atoms with Gasteiger partial charge in [0.05, 0.1) is 54.3 Å². The van der Waals surface area contributed by atoms with Gasteiger partial charge in [-0.2, -0.15) is 0 Å². The van der Waals surface area contributed by atoms with Gasteiger partial charge in [0, 0.05) is 46.0 Å². The number of carbonyl (C=O) groups excluding carboxylic acids is 7. The third kappa shape index (κ3) is 16.1. The predicted molar refractivity (Wildman–Crippen MR) is 363 cm³/mol. The highest BCUT2D eigenvalue weighted by Gasteiger charge is 2.49. The Morgan fingerprint density at radius 1 is 0.447 bits per heavy atom. The van der Waals surface area contributed by atoms with Crippen molar-refractivity contribution in [3.8, 4) is 0 Å². The monoisotopic (exact) mass is 1270 g/mol. The van der Waals surface area contributed by atoms with E-state index in [0.717, 1.165) is 21.4 Å². The number of nitrogens with zero attached hydrogens (tertiary/aromatic N) is 9. The van der Waals surface area contributed by atoms with Gasteiger partial charge in [-0.05, 0) is 127 Å². The van der Waals surface area contributed by atoms with E-state index < -0.39 is 128 Å². The Hall–Kier alpha value is -9.85. The molecule has 2 aromatic heterocycles. The van der Waals surface area contributed by atoms with Crippen LogP contribution < -0.4 is 11.1 Å². The standard InChI is InChI=1S/C75H86N11O8/c1-51(56-27-15-10-16-28-56)80(45-65(76)87)67(89)46-81(52(2)57-29-17-11-18-30-57)68(90)47-82(53(3)58-31-19-12-20-32-58)69(91)48-83(54(4)59-33-21-13-22-34-59)70(92)49-84(55(5)60-35-23-14-24-36-60)71(93)50-85(62-42-74(6,7)86(94)75(8,9)43-62)66(88)44-79-64-41-61-37-25-39-77-72(61)73-63(64)38-26-40-78-73/h10-41,51-55,62,79H,42-50H2,1-9H3,(H2,76,87)/t51-,52-,53-,54-,55-/m1/s1. The number of benzene rings is 6. The lowest BCUT2D eigenvalue weighted by atomic mass is 9.78. The zero-order chi connectivity index (χ0) is 67.4. The Bertz CT molecular complexity index is 3920. The van der Waals surface area contributed by atoms with Gasteiger partial charge in [0.1, 0.15) is 32.7 Å². The molecule has 489 valence electrons. The fraction of sp³-hybridized carbons (Fsp3) is 0.347. The van der Waals surface area contributed by atoms with Crippen LogP contribution in [0.4, 0.5) is 5.69 Å². The van der Waals surface area contributed by atoms with Crippen molar-refractivity contribution in [3.63, 3.8) is 0 Å². The summed E-state index contributed by atoms with van der Waals surface area (Å²) in [5.74, 6) is -4.04. The average molecular weight is 1270 g/mol. The van der Waals surface area contributed by atoms with E-state index in [1.54, 1.807) is 45.0 Å². The molecule has 0 bridgehead atoms. The Morgan fingerprint density at radius 2 is 0.766 bits per heavy atom. The average Bonchev–Trinajstić information content (AvgIpc) is 0.778. The molecule has 3 N–H and O–H groups in total.